The first-order valence-corrected chi connectivity index (χ1v) is 7.58. The Kier molecular flexibility index (Phi) is 4.55. The van der Waals surface area contributed by atoms with Crippen LogP contribution in [0.15, 0.2) is 24.3 Å². The summed E-state index contributed by atoms with van der Waals surface area (Å²) >= 11 is 0. The van der Waals surface area contributed by atoms with Crippen LogP contribution in [0.1, 0.15) is 13.3 Å². The zero-order valence-electron chi connectivity index (χ0n) is 10.8. The second kappa shape index (κ2) is 6.16. The third-order valence-corrected chi connectivity index (χ3v) is 4.95. The summed E-state index contributed by atoms with van der Waals surface area (Å²) in [6, 6.07) is 6.86. The number of hydrogen-bond donors (Lipinski definition) is 2. The highest BCUT2D eigenvalue weighted by Gasteiger charge is 2.30. The fourth-order valence-corrected chi connectivity index (χ4v) is 3.47. The lowest BCUT2D eigenvalue weighted by atomic mass is 10.3. The summed E-state index contributed by atoms with van der Waals surface area (Å²) < 4.78 is 17.4. The monoisotopic (exact) mass is 282 g/mol. The molecule has 3 N–H and O–H groups in total. The maximum Gasteiger partial charge on any atom is 0.237 e. The molecule has 6 heteroatoms. The van der Waals surface area contributed by atoms with Gasteiger partial charge in [-0.15, -0.1) is 0 Å². The Morgan fingerprint density at radius 2 is 2.16 bits per heavy atom. The maximum atomic E-state index is 12.1. The van der Waals surface area contributed by atoms with Crippen molar-refractivity contribution >= 4 is 28.1 Å². The first-order valence-electron chi connectivity index (χ1n) is 6.20. The topological polar surface area (TPSA) is 81.4 Å². The van der Waals surface area contributed by atoms with Gasteiger partial charge in [-0.2, -0.15) is 0 Å². The van der Waals surface area contributed by atoms with E-state index in [0.717, 1.165) is 6.42 Å². The number of nitrogen functional groups attached to an aromatic ring is 1. The van der Waals surface area contributed by atoms with E-state index >= 15 is 0 Å². The van der Waals surface area contributed by atoms with Gasteiger partial charge in [-0.3, -0.25) is 9.00 Å². The number of nitrogens with one attached hydrogen (secondary N) is 1. The van der Waals surface area contributed by atoms with E-state index in [-0.39, 0.29) is 23.0 Å². The minimum atomic E-state index is -1.20. The molecule has 1 aromatic rings. The summed E-state index contributed by atoms with van der Waals surface area (Å²) in [6.07, 6.45) is 0.716. The number of amides is 1. The molecule has 3 unspecified atom stereocenters. The Morgan fingerprint density at radius 3 is 2.74 bits per heavy atom. The van der Waals surface area contributed by atoms with Crippen LogP contribution in [0.4, 0.5) is 11.4 Å². The molecule has 104 valence electrons. The van der Waals surface area contributed by atoms with Crippen molar-refractivity contribution in [3.05, 3.63) is 24.3 Å². The van der Waals surface area contributed by atoms with E-state index in [0.29, 0.717) is 18.0 Å². The molecule has 0 bridgehead atoms. The van der Waals surface area contributed by atoms with Gasteiger partial charge in [-0.25, -0.2) is 0 Å². The van der Waals surface area contributed by atoms with E-state index < -0.39 is 10.8 Å². The van der Waals surface area contributed by atoms with Gasteiger partial charge in [0.1, 0.15) is 5.75 Å². The molecule has 1 heterocycles. The highest BCUT2D eigenvalue weighted by molar-refractivity contribution is 7.86. The predicted octanol–water partition coefficient (Wildman–Crippen LogP) is 1.13. The Bertz CT molecular complexity index is 475. The van der Waals surface area contributed by atoms with Crippen LogP contribution in [0.3, 0.4) is 0 Å². The largest absolute Gasteiger partial charge is 0.399 e. The van der Waals surface area contributed by atoms with Crippen molar-refractivity contribution in [3.8, 4) is 0 Å². The van der Waals surface area contributed by atoms with Crippen LogP contribution in [0.25, 0.3) is 0 Å². The lowest BCUT2D eigenvalue weighted by molar-refractivity contribution is -0.113. The molecule has 5 nitrogen and oxygen atoms in total. The van der Waals surface area contributed by atoms with Crippen molar-refractivity contribution in [3.63, 3.8) is 0 Å². The Hall–Kier alpha value is -1.40. The molecule has 0 saturated carbocycles. The van der Waals surface area contributed by atoms with Crippen LogP contribution in [0.2, 0.25) is 0 Å². The lowest BCUT2D eigenvalue weighted by Gasteiger charge is -2.13. The van der Waals surface area contributed by atoms with Gasteiger partial charge < -0.3 is 15.8 Å². The molecule has 1 aromatic carbocycles. The molecular weight excluding hydrogens is 264 g/mol. The molecule has 19 heavy (non-hydrogen) atoms. The second-order valence-electron chi connectivity index (χ2n) is 4.60. The number of carbonyl (C=O) groups excluding carboxylic acids is 1. The lowest BCUT2D eigenvalue weighted by Crippen LogP contribution is -2.30. The molecule has 1 aliphatic rings. The number of ether oxygens (including phenoxy) is 1. The summed E-state index contributed by atoms with van der Waals surface area (Å²) in [5, 5.41) is 2.67. The van der Waals surface area contributed by atoms with Crippen LogP contribution in [0, 0.1) is 0 Å². The second-order valence-corrected chi connectivity index (χ2v) is 6.25. The quantitative estimate of drug-likeness (QED) is 0.811. The summed E-state index contributed by atoms with van der Waals surface area (Å²) in [7, 11) is -1.20. The number of carbonyl (C=O) groups is 1. The standard InChI is InChI=1S/C13H18N2O3S/c1-9-12(6-7-18-9)19(17)8-13(16)15-11-4-2-10(14)3-5-11/h2-5,9,12H,6-8,14H2,1H3,(H,15,16). The van der Waals surface area contributed by atoms with Crippen LogP contribution in [-0.2, 0) is 20.3 Å². The maximum absolute atomic E-state index is 12.1. The van der Waals surface area contributed by atoms with Crippen molar-refractivity contribution < 1.29 is 13.7 Å². The Balaban J connectivity index is 1.87. The number of anilines is 2. The minimum Gasteiger partial charge on any atom is -0.399 e. The smallest absolute Gasteiger partial charge is 0.237 e. The molecule has 0 radical (unpaired) electrons. The molecular formula is C13H18N2O3S. The molecule has 3 atom stereocenters. The molecule has 1 amide bonds. The van der Waals surface area contributed by atoms with Gasteiger partial charge in [-0.05, 0) is 37.6 Å². The summed E-state index contributed by atoms with van der Waals surface area (Å²) in [5.41, 5.74) is 6.86. The summed E-state index contributed by atoms with van der Waals surface area (Å²) in [6.45, 7) is 2.52. The molecule has 0 aliphatic carbocycles. The summed E-state index contributed by atoms with van der Waals surface area (Å²) in [4.78, 5) is 11.8. The first kappa shape index (κ1) is 14.0. The fourth-order valence-electron chi connectivity index (χ4n) is 2.06. The van der Waals surface area contributed by atoms with Gasteiger partial charge in [0.25, 0.3) is 0 Å². The molecule has 0 aromatic heterocycles. The SMILES string of the molecule is CC1OCCC1S(=O)CC(=O)Nc1ccc(N)cc1. The molecule has 0 spiro atoms. The zero-order chi connectivity index (χ0) is 13.8. The average Bonchev–Trinajstić information content (AvgIpc) is 2.78. The van der Waals surface area contributed by atoms with Gasteiger partial charge >= 0.3 is 0 Å². The van der Waals surface area contributed by atoms with Gasteiger partial charge in [0.15, 0.2) is 0 Å². The van der Waals surface area contributed by atoms with Gasteiger partial charge in [0.2, 0.25) is 5.91 Å². The van der Waals surface area contributed by atoms with E-state index in [4.69, 9.17) is 10.5 Å². The first-order chi connectivity index (χ1) is 9.06. The Labute approximate surface area is 115 Å². The third-order valence-electron chi connectivity index (χ3n) is 3.11. The van der Waals surface area contributed by atoms with Crippen molar-refractivity contribution in [2.45, 2.75) is 24.7 Å². The zero-order valence-corrected chi connectivity index (χ0v) is 11.6. The highest BCUT2D eigenvalue weighted by Crippen LogP contribution is 2.19. The molecule has 1 aliphatic heterocycles. The number of hydrogen-bond acceptors (Lipinski definition) is 4. The number of benzene rings is 1. The Morgan fingerprint density at radius 1 is 1.47 bits per heavy atom. The molecule has 1 saturated heterocycles. The van der Waals surface area contributed by atoms with Crippen molar-refractivity contribution in [2.75, 3.05) is 23.4 Å². The van der Waals surface area contributed by atoms with Gasteiger partial charge in [-0.1, -0.05) is 0 Å². The normalized spacial score (nSPS) is 24.1. The van der Waals surface area contributed by atoms with E-state index in [1.54, 1.807) is 24.3 Å². The molecule has 1 fully saturated rings. The van der Waals surface area contributed by atoms with Crippen LogP contribution in [0.5, 0.6) is 0 Å². The number of rotatable bonds is 4. The summed E-state index contributed by atoms with van der Waals surface area (Å²) in [5.74, 6) is -0.245. The predicted molar refractivity (Wildman–Crippen MR) is 76.3 cm³/mol. The third kappa shape index (κ3) is 3.78. The van der Waals surface area contributed by atoms with E-state index in [9.17, 15) is 9.00 Å². The van der Waals surface area contributed by atoms with Crippen LogP contribution < -0.4 is 11.1 Å². The highest BCUT2D eigenvalue weighted by atomic mass is 32.2. The van der Waals surface area contributed by atoms with Crippen molar-refractivity contribution in [1.82, 2.24) is 0 Å². The van der Waals surface area contributed by atoms with E-state index in [1.165, 1.54) is 0 Å². The van der Waals surface area contributed by atoms with E-state index in [1.807, 2.05) is 6.92 Å². The van der Waals surface area contributed by atoms with E-state index in [2.05, 4.69) is 5.32 Å². The van der Waals surface area contributed by atoms with Crippen molar-refractivity contribution in [2.24, 2.45) is 0 Å². The fraction of sp³-hybridized carbons (Fsp3) is 0.462. The minimum absolute atomic E-state index is 0.00272. The van der Waals surface area contributed by atoms with Gasteiger partial charge in [0.05, 0.1) is 11.4 Å². The average molecular weight is 282 g/mol. The number of nitrogens with two attached hydrogens (primary N) is 1. The van der Waals surface area contributed by atoms with Gasteiger partial charge in [0, 0.05) is 28.8 Å². The van der Waals surface area contributed by atoms with Crippen LogP contribution in [-0.4, -0.2) is 33.8 Å². The van der Waals surface area contributed by atoms with Crippen molar-refractivity contribution in [1.29, 1.82) is 0 Å². The molecule has 2 rings (SSSR count). The van der Waals surface area contributed by atoms with Crippen LogP contribution >= 0.6 is 0 Å².